The summed E-state index contributed by atoms with van der Waals surface area (Å²) in [5.74, 6) is -0.308. The number of carbonyl (C=O) groups is 2. The fraction of sp³-hybridized carbons (Fsp3) is 0.625. The molecule has 0 aliphatic heterocycles. The molecular formula is C24H32N2O3S. The number of aryl methyl sites for hydroxylation is 1. The lowest BCUT2D eigenvalue weighted by atomic mass is 9.88. The molecule has 6 heteroatoms. The standard InChI is InChI=1S/C24H32N2O3S/c27-23(26(18-9-3-1-4-10-18)19-11-5-2-6-12-19)17-29-24(28)16-15-22-25-20-13-7-8-14-21(20)30-22/h7-8,13-14,18-19H,1-6,9-12,15-17H2. The Morgan fingerprint density at radius 2 is 1.60 bits per heavy atom. The van der Waals surface area contributed by atoms with Crippen LogP contribution in [0.4, 0.5) is 0 Å². The third-order valence-electron chi connectivity index (χ3n) is 6.46. The maximum absolute atomic E-state index is 13.1. The van der Waals surface area contributed by atoms with Gasteiger partial charge in [-0.3, -0.25) is 9.59 Å². The zero-order chi connectivity index (χ0) is 20.8. The maximum atomic E-state index is 13.1. The molecule has 0 N–H and O–H groups in total. The summed E-state index contributed by atoms with van der Waals surface area (Å²) in [5.41, 5.74) is 0.969. The lowest BCUT2D eigenvalue weighted by molar-refractivity contribution is -0.155. The number of esters is 1. The minimum Gasteiger partial charge on any atom is -0.456 e. The Kier molecular flexibility index (Phi) is 7.37. The highest BCUT2D eigenvalue weighted by atomic mass is 32.1. The largest absolute Gasteiger partial charge is 0.456 e. The van der Waals surface area contributed by atoms with Crippen molar-refractivity contribution in [2.45, 2.75) is 89.1 Å². The van der Waals surface area contributed by atoms with Gasteiger partial charge < -0.3 is 9.64 Å². The van der Waals surface area contributed by atoms with Crippen molar-refractivity contribution in [2.75, 3.05) is 6.61 Å². The second-order valence-corrected chi connectivity index (χ2v) is 9.74. The molecule has 162 valence electrons. The summed E-state index contributed by atoms with van der Waals surface area (Å²) in [4.78, 5) is 32.0. The van der Waals surface area contributed by atoms with Gasteiger partial charge >= 0.3 is 5.97 Å². The third kappa shape index (κ3) is 5.39. The Labute approximate surface area is 182 Å². The number of carbonyl (C=O) groups excluding carboxylic acids is 2. The predicted octanol–water partition coefficient (Wildman–Crippen LogP) is 5.27. The van der Waals surface area contributed by atoms with Gasteiger partial charge in [0.1, 0.15) is 0 Å². The van der Waals surface area contributed by atoms with Crippen LogP contribution in [0.2, 0.25) is 0 Å². The van der Waals surface area contributed by atoms with Crippen molar-refractivity contribution in [3.63, 3.8) is 0 Å². The summed E-state index contributed by atoms with van der Waals surface area (Å²) in [5, 5.41) is 0.936. The van der Waals surface area contributed by atoms with Crippen LogP contribution < -0.4 is 0 Å². The van der Waals surface area contributed by atoms with E-state index in [0.717, 1.165) is 40.9 Å². The molecule has 0 saturated heterocycles. The molecule has 2 fully saturated rings. The van der Waals surface area contributed by atoms with E-state index in [1.807, 2.05) is 24.3 Å². The molecule has 4 rings (SSSR count). The number of ether oxygens (including phenoxy) is 1. The number of rotatable bonds is 7. The average Bonchev–Trinajstić information content (AvgIpc) is 3.21. The minimum atomic E-state index is -0.310. The van der Waals surface area contributed by atoms with E-state index in [9.17, 15) is 9.59 Å². The van der Waals surface area contributed by atoms with Crippen molar-refractivity contribution in [2.24, 2.45) is 0 Å². The number of aromatic nitrogens is 1. The van der Waals surface area contributed by atoms with Crippen LogP contribution >= 0.6 is 11.3 Å². The molecule has 0 atom stereocenters. The normalized spacial score (nSPS) is 18.4. The summed E-state index contributed by atoms with van der Waals surface area (Å²) in [7, 11) is 0. The zero-order valence-electron chi connectivity index (χ0n) is 17.7. The number of hydrogen-bond donors (Lipinski definition) is 0. The lowest BCUT2D eigenvalue weighted by Gasteiger charge is -2.41. The zero-order valence-corrected chi connectivity index (χ0v) is 18.5. The van der Waals surface area contributed by atoms with Gasteiger partial charge in [-0.1, -0.05) is 50.7 Å². The van der Waals surface area contributed by atoms with Crippen LogP contribution in [0.5, 0.6) is 0 Å². The minimum absolute atomic E-state index is 0.00198. The second-order valence-electron chi connectivity index (χ2n) is 8.62. The Morgan fingerprint density at radius 1 is 0.967 bits per heavy atom. The van der Waals surface area contributed by atoms with Crippen LogP contribution in [0.3, 0.4) is 0 Å². The summed E-state index contributed by atoms with van der Waals surface area (Å²) in [6.07, 6.45) is 12.5. The molecule has 1 aromatic carbocycles. The lowest BCUT2D eigenvalue weighted by Crippen LogP contribution is -2.50. The van der Waals surface area contributed by atoms with Gasteiger partial charge in [0, 0.05) is 18.5 Å². The monoisotopic (exact) mass is 428 g/mol. The third-order valence-corrected chi connectivity index (χ3v) is 7.56. The van der Waals surface area contributed by atoms with Gasteiger partial charge in [-0.05, 0) is 37.8 Å². The van der Waals surface area contributed by atoms with E-state index in [4.69, 9.17) is 4.74 Å². The molecule has 2 aliphatic rings. The molecule has 0 unspecified atom stereocenters. The van der Waals surface area contributed by atoms with Gasteiger partial charge in [0.05, 0.1) is 21.6 Å². The highest BCUT2D eigenvalue weighted by Crippen LogP contribution is 2.30. The highest BCUT2D eigenvalue weighted by molar-refractivity contribution is 7.18. The summed E-state index contributed by atoms with van der Waals surface area (Å²) < 4.78 is 6.54. The van der Waals surface area contributed by atoms with Gasteiger partial charge in [0.2, 0.25) is 0 Å². The molecule has 30 heavy (non-hydrogen) atoms. The fourth-order valence-electron chi connectivity index (χ4n) is 4.95. The van der Waals surface area contributed by atoms with E-state index in [1.165, 1.54) is 38.5 Å². The molecule has 2 aliphatic carbocycles. The Morgan fingerprint density at radius 3 is 2.23 bits per heavy atom. The van der Waals surface area contributed by atoms with E-state index < -0.39 is 0 Å². The topological polar surface area (TPSA) is 59.5 Å². The van der Waals surface area contributed by atoms with Crippen LogP contribution in [0.15, 0.2) is 24.3 Å². The number of thiazole rings is 1. The van der Waals surface area contributed by atoms with E-state index in [2.05, 4.69) is 9.88 Å². The summed E-state index contributed by atoms with van der Waals surface area (Å²) in [6.45, 7) is -0.119. The molecule has 1 heterocycles. The van der Waals surface area contributed by atoms with Crippen LogP contribution in [-0.2, 0) is 20.7 Å². The molecule has 2 aromatic rings. The smallest absolute Gasteiger partial charge is 0.306 e. The second kappa shape index (κ2) is 10.4. The highest BCUT2D eigenvalue weighted by Gasteiger charge is 2.32. The van der Waals surface area contributed by atoms with Crippen LogP contribution in [0.25, 0.3) is 10.2 Å². The molecule has 0 radical (unpaired) electrons. The first-order chi connectivity index (χ1) is 14.7. The SMILES string of the molecule is O=C(CCc1nc2ccccc2s1)OCC(=O)N(C1CCCCC1)C1CCCCC1. The number of nitrogens with zero attached hydrogens (tertiary/aromatic N) is 2. The molecule has 1 amide bonds. The van der Waals surface area contributed by atoms with Gasteiger partial charge in [-0.2, -0.15) is 0 Å². The van der Waals surface area contributed by atoms with Gasteiger partial charge in [0.15, 0.2) is 6.61 Å². The van der Waals surface area contributed by atoms with Gasteiger partial charge in [-0.15, -0.1) is 11.3 Å². The fourth-order valence-corrected chi connectivity index (χ4v) is 5.92. The Hall–Kier alpha value is -1.95. The molecule has 0 spiro atoms. The number of amides is 1. The van der Waals surface area contributed by atoms with Gasteiger partial charge in [0.25, 0.3) is 5.91 Å². The average molecular weight is 429 g/mol. The van der Waals surface area contributed by atoms with Crippen molar-refractivity contribution in [1.29, 1.82) is 0 Å². The van der Waals surface area contributed by atoms with E-state index in [-0.39, 0.29) is 24.9 Å². The maximum Gasteiger partial charge on any atom is 0.306 e. The Balaban J connectivity index is 1.29. The Bertz CT molecular complexity index is 802. The molecular weight excluding hydrogens is 396 g/mol. The molecule has 2 saturated carbocycles. The summed E-state index contributed by atoms with van der Waals surface area (Å²) >= 11 is 1.61. The van der Waals surface area contributed by atoms with Crippen LogP contribution in [-0.4, -0.2) is 40.5 Å². The molecule has 5 nitrogen and oxygen atoms in total. The van der Waals surface area contributed by atoms with E-state index >= 15 is 0 Å². The summed E-state index contributed by atoms with van der Waals surface area (Å²) in [6, 6.07) is 8.65. The van der Waals surface area contributed by atoms with Crippen molar-refractivity contribution in [3.8, 4) is 0 Å². The molecule has 0 bridgehead atoms. The first-order valence-corrected chi connectivity index (χ1v) is 12.3. The van der Waals surface area contributed by atoms with E-state index in [0.29, 0.717) is 18.5 Å². The van der Waals surface area contributed by atoms with E-state index in [1.54, 1.807) is 11.3 Å². The number of fused-ring (bicyclic) bond motifs is 1. The van der Waals surface area contributed by atoms with Crippen LogP contribution in [0.1, 0.15) is 75.6 Å². The van der Waals surface area contributed by atoms with Crippen molar-refractivity contribution >= 4 is 33.4 Å². The molecule has 1 aromatic heterocycles. The first-order valence-electron chi connectivity index (χ1n) is 11.5. The van der Waals surface area contributed by atoms with Crippen molar-refractivity contribution in [1.82, 2.24) is 9.88 Å². The quantitative estimate of drug-likeness (QED) is 0.564. The van der Waals surface area contributed by atoms with Crippen LogP contribution in [0, 0.1) is 0 Å². The van der Waals surface area contributed by atoms with Gasteiger partial charge in [-0.25, -0.2) is 4.98 Å². The van der Waals surface area contributed by atoms with Crippen molar-refractivity contribution in [3.05, 3.63) is 29.3 Å². The number of hydrogen-bond acceptors (Lipinski definition) is 5. The predicted molar refractivity (Wildman–Crippen MR) is 119 cm³/mol. The number of para-hydroxylation sites is 1. The van der Waals surface area contributed by atoms with Crippen molar-refractivity contribution < 1.29 is 14.3 Å². The number of benzene rings is 1. The first kappa shape index (κ1) is 21.3.